The highest BCUT2D eigenvalue weighted by Crippen LogP contribution is 2.28. The maximum atomic E-state index is 12.6. The van der Waals surface area contributed by atoms with Gasteiger partial charge in [-0.15, -0.1) is 0 Å². The standard InChI is InChI=1S/C14H16F3N5O3/c1-8-6-10(14(15,16)17)19-22(8)5-4-11(23)18-9-7-21(2)20-12(9)13(24)25-3/h6-7H,4-5H2,1-3H3,(H,18,23). The van der Waals surface area contributed by atoms with Crippen LogP contribution in [0.1, 0.15) is 28.3 Å². The number of esters is 1. The van der Waals surface area contributed by atoms with Gasteiger partial charge in [0.05, 0.1) is 12.8 Å². The number of ether oxygens (including phenoxy) is 1. The van der Waals surface area contributed by atoms with E-state index in [0.29, 0.717) is 0 Å². The van der Waals surface area contributed by atoms with E-state index in [4.69, 9.17) is 0 Å². The Bertz CT molecular complexity index is 794. The topological polar surface area (TPSA) is 91.0 Å². The highest BCUT2D eigenvalue weighted by molar-refractivity contribution is 5.99. The summed E-state index contributed by atoms with van der Waals surface area (Å²) in [6, 6.07) is 0.911. The summed E-state index contributed by atoms with van der Waals surface area (Å²) in [6.45, 7) is 1.43. The van der Waals surface area contributed by atoms with E-state index in [-0.39, 0.29) is 30.0 Å². The van der Waals surface area contributed by atoms with Crippen molar-refractivity contribution in [2.45, 2.75) is 26.1 Å². The van der Waals surface area contributed by atoms with Gasteiger partial charge in [0.25, 0.3) is 0 Å². The molecule has 2 aromatic rings. The number of nitrogens with zero attached hydrogens (tertiary/aromatic N) is 4. The van der Waals surface area contributed by atoms with Gasteiger partial charge < -0.3 is 10.1 Å². The minimum Gasteiger partial charge on any atom is -0.464 e. The van der Waals surface area contributed by atoms with E-state index < -0.39 is 23.7 Å². The number of methoxy groups -OCH3 is 1. The third-order valence-corrected chi connectivity index (χ3v) is 3.30. The van der Waals surface area contributed by atoms with Gasteiger partial charge in [0.2, 0.25) is 5.91 Å². The third kappa shape index (κ3) is 4.37. The van der Waals surface area contributed by atoms with Crippen molar-refractivity contribution < 1.29 is 27.5 Å². The first-order valence-electron chi connectivity index (χ1n) is 7.15. The van der Waals surface area contributed by atoms with Crippen LogP contribution in [0.4, 0.5) is 18.9 Å². The molecule has 0 spiro atoms. The van der Waals surface area contributed by atoms with Gasteiger partial charge in [0, 0.05) is 31.9 Å². The number of hydrogen-bond donors (Lipinski definition) is 1. The quantitative estimate of drug-likeness (QED) is 0.822. The summed E-state index contributed by atoms with van der Waals surface area (Å²) >= 11 is 0. The van der Waals surface area contributed by atoms with Crippen LogP contribution in [0.25, 0.3) is 0 Å². The van der Waals surface area contributed by atoms with E-state index >= 15 is 0 Å². The minimum atomic E-state index is -4.54. The van der Waals surface area contributed by atoms with E-state index in [9.17, 15) is 22.8 Å². The van der Waals surface area contributed by atoms with Crippen LogP contribution >= 0.6 is 0 Å². The fraction of sp³-hybridized carbons (Fsp3) is 0.429. The van der Waals surface area contributed by atoms with Gasteiger partial charge in [0.1, 0.15) is 0 Å². The van der Waals surface area contributed by atoms with E-state index in [1.807, 2.05) is 0 Å². The predicted octanol–water partition coefficient (Wildman–Crippen LogP) is 1.76. The van der Waals surface area contributed by atoms with Crippen molar-refractivity contribution in [2.24, 2.45) is 7.05 Å². The van der Waals surface area contributed by atoms with Crippen LogP contribution in [0.2, 0.25) is 0 Å². The first-order chi connectivity index (χ1) is 11.6. The van der Waals surface area contributed by atoms with Crippen molar-refractivity contribution in [3.05, 3.63) is 29.3 Å². The average Bonchev–Trinajstić information content (AvgIpc) is 3.07. The summed E-state index contributed by atoms with van der Waals surface area (Å²) in [6.07, 6.45) is -3.25. The average molecular weight is 359 g/mol. The molecule has 0 unspecified atom stereocenters. The van der Waals surface area contributed by atoms with Crippen LogP contribution in [-0.2, 0) is 29.3 Å². The Hall–Kier alpha value is -2.85. The molecule has 2 heterocycles. The molecule has 1 amide bonds. The van der Waals surface area contributed by atoms with Gasteiger partial charge in [-0.05, 0) is 13.0 Å². The molecule has 0 fully saturated rings. The monoisotopic (exact) mass is 359 g/mol. The third-order valence-electron chi connectivity index (χ3n) is 3.30. The molecular formula is C14H16F3N5O3. The Labute approximate surface area is 140 Å². The molecule has 2 aromatic heterocycles. The number of amides is 1. The van der Waals surface area contributed by atoms with Crippen molar-refractivity contribution in [2.75, 3.05) is 12.4 Å². The zero-order valence-electron chi connectivity index (χ0n) is 13.7. The number of rotatable bonds is 5. The number of carbonyl (C=O) groups excluding carboxylic acids is 2. The number of nitrogens with one attached hydrogen (secondary N) is 1. The highest BCUT2D eigenvalue weighted by Gasteiger charge is 2.34. The van der Waals surface area contributed by atoms with Crippen LogP contribution in [0.15, 0.2) is 12.3 Å². The Morgan fingerprint density at radius 2 is 2.00 bits per heavy atom. The van der Waals surface area contributed by atoms with E-state index in [0.717, 1.165) is 10.7 Å². The molecule has 0 bridgehead atoms. The predicted molar refractivity (Wildman–Crippen MR) is 79.8 cm³/mol. The fourth-order valence-corrected chi connectivity index (χ4v) is 2.12. The van der Waals surface area contributed by atoms with Crippen molar-refractivity contribution in [1.29, 1.82) is 0 Å². The van der Waals surface area contributed by atoms with E-state index in [1.165, 1.54) is 24.9 Å². The van der Waals surface area contributed by atoms with Crippen LogP contribution < -0.4 is 5.32 Å². The van der Waals surface area contributed by atoms with Crippen molar-refractivity contribution in [3.63, 3.8) is 0 Å². The maximum absolute atomic E-state index is 12.6. The lowest BCUT2D eigenvalue weighted by Crippen LogP contribution is -2.17. The second-order valence-electron chi connectivity index (χ2n) is 5.25. The molecule has 0 aliphatic rings. The first-order valence-corrected chi connectivity index (χ1v) is 7.15. The number of aromatic nitrogens is 4. The molecule has 0 aromatic carbocycles. The zero-order valence-corrected chi connectivity index (χ0v) is 13.7. The van der Waals surface area contributed by atoms with Gasteiger partial charge in [0.15, 0.2) is 11.4 Å². The van der Waals surface area contributed by atoms with Crippen LogP contribution in [0.3, 0.4) is 0 Å². The molecule has 0 atom stereocenters. The van der Waals surface area contributed by atoms with Gasteiger partial charge in [-0.25, -0.2) is 4.79 Å². The number of anilines is 1. The molecule has 8 nitrogen and oxygen atoms in total. The SMILES string of the molecule is COC(=O)c1nn(C)cc1NC(=O)CCn1nc(C(F)(F)F)cc1C. The number of halogens is 3. The smallest absolute Gasteiger partial charge is 0.435 e. The fourth-order valence-electron chi connectivity index (χ4n) is 2.12. The Kier molecular flexibility index (Phi) is 5.14. The summed E-state index contributed by atoms with van der Waals surface area (Å²) in [7, 11) is 2.75. The number of carbonyl (C=O) groups is 2. The summed E-state index contributed by atoms with van der Waals surface area (Å²) < 4.78 is 44.8. The summed E-state index contributed by atoms with van der Waals surface area (Å²) in [5.41, 5.74) is -0.622. The van der Waals surface area contributed by atoms with Crippen molar-refractivity contribution in [3.8, 4) is 0 Å². The van der Waals surface area contributed by atoms with Crippen LogP contribution in [0.5, 0.6) is 0 Å². The molecule has 0 saturated heterocycles. The Morgan fingerprint density at radius 1 is 1.32 bits per heavy atom. The Balaban J connectivity index is 2.03. The molecule has 1 N–H and O–H groups in total. The molecule has 0 aliphatic carbocycles. The molecule has 0 saturated carbocycles. The number of aryl methyl sites for hydroxylation is 3. The lowest BCUT2D eigenvalue weighted by Gasteiger charge is -2.06. The van der Waals surface area contributed by atoms with Crippen LogP contribution in [0, 0.1) is 6.92 Å². The number of hydrogen-bond acceptors (Lipinski definition) is 5. The highest BCUT2D eigenvalue weighted by atomic mass is 19.4. The molecule has 136 valence electrons. The Morgan fingerprint density at radius 3 is 2.56 bits per heavy atom. The summed E-state index contributed by atoms with van der Waals surface area (Å²) in [5.74, 6) is -1.21. The van der Waals surface area contributed by atoms with Crippen LogP contribution in [-0.4, -0.2) is 38.5 Å². The normalized spacial score (nSPS) is 11.4. The summed E-state index contributed by atoms with van der Waals surface area (Å²) in [5, 5.41) is 9.81. The lowest BCUT2D eigenvalue weighted by atomic mass is 10.3. The first kappa shape index (κ1) is 18.5. The van der Waals surface area contributed by atoms with E-state index in [1.54, 1.807) is 7.05 Å². The van der Waals surface area contributed by atoms with E-state index in [2.05, 4.69) is 20.3 Å². The van der Waals surface area contributed by atoms with Gasteiger partial charge in [-0.2, -0.15) is 23.4 Å². The lowest BCUT2D eigenvalue weighted by molar-refractivity contribution is -0.141. The van der Waals surface area contributed by atoms with Gasteiger partial charge in [-0.3, -0.25) is 14.2 Å². The molecule has 25 heavy (non-hydrogen) atoms. The van der Waals surface area contributed by atoms with Crippen molar-refractivity contribution >= 4 is 17.6 Å². The molecule has 2 rings (SSSR count). The van der Waals surface area contributed by atoms with Crippen molar-refractivity contribution in [1.82, 2.24) is 19.6 Å². The second kappa shape index (κ2) is 6.95. The molecular weight excluding hydrogens is 343 g/mol. The largest absolute Gasteiger partial charge is 0.464 e. The maximum Gasteiger partial charge on any atom is 0.435 e. The molecule has 0 aliphatic heterocycles. The van der Waals surface area contributed by atoms with Gasteiger partial charge in [-0.1, -0.05) is 0 Å². The van der Waals surface area contributed by atoms with Gasteiger partial charge >= 0.3 is 12.1 Å². The minimum absolute atomic E-state index is 0.0401. The summed E-state index contributed by atoms with van der Waals surface area (Å²) in [4.78, 5) is 23.6. The number of alkyl halides is 3. The second-order valence-corrected chi connectivity index (χ2v) is 5.25. The molecule has 0 radical (unpaired) electrons. The molecule has 11 heteroatoms. The zero-order chi connectivity index (χ0) is 18.8.